The first-order valence-electron chi connectivity index (χ1n) is 9.06. The van der Waals surface area contributed by atoms with Crippen molar-refractivity contribution in [2.75, 3.05) is 14.2 Å². The van der Waals surface area contributed by atoms with Crippen LogP contribution in [0.25, 0.3) is 33.8 Å². The number of nitrogens with zero attached hydrogens (tertiary/aromatic N) is 6. The first-order chi connectivity index (χ1) is 14.2. The maximum atomic E-state index is 5.36. The molecule has 5 aromatic rings. The summed E-state index contributed by atoms with van der Waals surface area (Å²) in [6.07, 6.45) is 3.42. The van der Waals surface area contributed by atoms with Crippen molar-refractivity contribution < 1.29 is 9.47 Å². The number of aryl methyl sites for hydroxylation is 1. The molecule has 0 spiro atoms. The molecule has 0 unspecified atom stereocenters. The molecule has 8 heteroatoms. The van der Waals surface area contributed by atoms with Crippen molar-refractivity contribution in [3.8, 4) is 28.6 Å². The zero-order valence-electron chi connectivity index (χ0n) is 16.2. The van der Waals surface area contributed by atoms with Crippen molar-refractivity contribution in [3.05, 3.63) is 60.6 Å². The molecule has 29 heavy (non-hydrogen) atoms. The van der Waals surface area contributed by atoms with E-state index in [2.05, 4.69) is 21.2 Å². The highest BCUT2D eigenvalue weighted by molar-refractivity contribution is 5.90. The number of benzene rings is 2. The Balaban J connectivity index is 1.67. The van der Waals surface area contributed by atoms with E-state index in [0.29, 0.717) is 23.0 Å². The highest BCUT2D eigenvalue weighted by atomic mass is 16.5. The summed E-state index contributed by atoms with van der Waals surface area (Å²) in [5, 5.41) is 9.92. The number of rotatable bonds is 4. The molecule has 0 amide bonds. The molecule has 2 aromatic carbocycles. The standard InChI is InChI=1S/C21H18N6O2/c1-13-5-4-6-15(7-13)27-20-18(11-23-27)21-24-19(25-26(21)12-22-20)14-8-16(28-2)10-17(9-14)29-3/h4-12H,1-3H3. The minimum atomic E-state index is 0.555. The van der Waals surface area contributed by atoms with Gasteiger partial charge in [-0.15, -0.1) is 5.10 Å². The highest BCUT2D eigenvalue weighted by Crippen LogP contribution is 2.29. The Morgan fingerprint density at radius 1 is 0.931 bits per heavy atom. The van der Waals surface area contributed by atoms with Crippen molar-refractivity contribution in [1.82, 2.24) is 29.4 Å². The Morgan fingerprint density at radius 2 is 1.72 bits per heavy atom. The summed E-state index contributed by atoms with van der Waals surface area (Å²) in [7, 11) is 3.23. The number of ether oxygens (including phenoxy) is 2. The second-order valence-corrected chi connectivity index (χ2v) is 6.68. The van der Waals surface area contributed by atoms with Crippen LogP contribution in [0.3, 0.4) is 0 Å². The van der Waals surface area contributed by atoms with E-state index in [1.54, 1.807) is 31.3 Å². The van der Waals surface area contributed by atoms with Crippen molar-refractivity contribution >= 4 is 16.7 Å². The van der Waals surface area contributed by atoms with E-state index < -0.39 is 0 Å². The van der Waals surface area contributed by atoms with Crippen LogP contribution in [0.2, 0.25) is 0 Å². The molecule has 0 bridgehead atoms. The maximum absolute atomic E-state index is 5.36. The fourth-order valence-corrected chi connectivity index (χ4v) is 3.33. The summed E-state index contributed by atoms with van der Waals surface area (Å²) in [6.45, 7) is 2.05. The number of fused-ring (bicyclic) bond motifs is 3. The molecule has 0 aliphatic heterocycles. The molecule has 0 saturated carbocycles. The summed E-state index contributed by atoms with van der Waals surface area (Å²) in [4.78, 5) is 9.30. The lowest BCUT2D eigenvalue weighted by atomic mass is 10.2. The van der Waals surface area contributed by atoms with E-state index in [9.17, 15) is 0 Å². The Morgan fingerprint density at radius 3 is 2.45 bits per heavy atom. The van der Waals surface area contributed by atoms with Gasteiger partial charge in [-0.05, 0) is 36.8 Å². The smallest absolute Gasteiger partial charge is 0.182 e. The zero-order chi connectivity index (χ0) is 20.0. The highest BCUT2D eigenvalue weighted by Gasteiger charge is 2.15. The van der Waals surface area contributed by atoms with Gasteiger partial charge in [0.1, 0.15) is 17.8 Å². The monoisotopic (exact) mass is 386 g/mol. The minimum Gasteiger partial charge on any atom is -0.497 e. The van der Waals surface area contributed by atoms with Crippen molar-refractivity contribution in [2.45, 2.75) is 6.92 Å². The third-order valence-electron chi connectivity index (χ3n) is 4.76. The molecule has 0 aliphatic carbocycles. The molecule has 5 rings (SSSR count). The summed E-state index contributed by atoms with van der Waals surface area (Å²) in [5.41, 5.74) is 4.32. The van der Waals surface area contributed by atoms with Crippen molar-refractivity contribution in [2.24, 2.45) is 0 Å². The van der Waals surface area contributed by atoms with Crippen LogP contribution in [0.15, 0.2) is 55.0 Å². The SMILES string of the molecule is COc1cc(OC)cc(-c2nc3c4cnn(-c5cccc(C)c5)c4ncn3n2)c1. The number of aromatic nitrogens is 6. The van der Waals surface area contributed by atoms with Crippen LogP contribution in [0, 0.1) is 6.92 Å². The van der Waals surface area contributed by atoms with Gasteiger partial charge in [-0.25, -0.2) is 19.2 Å². The molecule has 144 valence electrons. The van der Waals surface area contributed by atoms with Gasteiger partial charge in [0, 0.05) is 11.6 Å². The lowest BCUT2D eigenvalue weighted by Gasteiger charge is -2.05. The summed E-state index contributed by atoms with van der Waals surface area (Å²) in [5.74, 6) is 1.90. The van der Waals surface area contributed by atoms with E-state index >= 15 is 0 Å². The molecule has 0 aliphatic rings. The second kappa shape index (κ2) is 6.59. The third-order valence-corrected chi connectivity index (χ3v) is 4.76. The zero-order valence-corrected chi connectivity index (χ0v) is 16.2. The molecule has 0 atom stereocenters. The average molecular weight is 386 g/mol. The topological polar surface area (TPSA) is 79.4 Å². The van der Waals surface area contributed by atoms with Crippen LogP contribution in [-0.2, 0) is 0 Å². The van der Waals surface area contributed by atoms with E-state index in [1.807, 2.05) is 48.0 Å². The molecule has 0 N–H and O–H groups in total. The van der Waals surface area contributed by atoms with Gasteiger partial charge < -0.3 is 9.47 Å². The Bertz CT molecular complexity index is 1330. The first-order valence-corrected chi connectivity index (χ1v) is 9.06. The fourth-order valence-electron chi connectivity index (χ4n) is 3.33. The minimum absolute atomic E-state index is 0.555. The van der Waals surface area contributed by atoms with Crippen LogP contribution < -0.4 is 9.47 Å². The average Bonchev–Trinajstić information content (AvgIpc) is 3.37. The van der Waals surface area contributed by atoms with Gasteiger partial charge in [0.2, 0.25) is 0 Å². The fraction of sp³-hybridized carbons (Fsp3) is 0.143. The van der Waals surface area contributed by atoms with E-state index in [-0.39, 0.29) is 0 Å². The molecule has 0 radical (unpaired) electrons. The summed E-state index contributed by atoms with van der Waals surface area (Å²) in [6, 6.07) is 13.7. The summed E-state index contributed by atoms with van der Waals surface area (Å²) >= 11 is 0. The van der Waals surface area contributed by atoms with Gasteiger partial charge in [0.15, 0.2) is 17.1 Å². The Hall–Kier alpha value is -3.94. The molecule has 3 aromatic heterocycles. The normalized spacial score (nSPS) is 11.3. The van der Waals surface area contributed by atoms with Crippen molar-refractivity contribution in [3.63, 3.8) is 0 Å². The van der Waals surface area contributed by atoms with Gasteiger partial charge in [0.25, 0.3) is 0 Å². The van der Waals surface area contributed by atoms with Crippen LogP contribution in [0.4, 0.5) is 0 Å². The van der Waals surface area contributed by atoms with Crippen LogP contribution in [0.5, 0.6) is 11.5 Å². The molecular weight excluding hydrogens is 368 g/mol. The Kier molecular flexibility index (Phi) is 3.90. The van der Waals surface area contributed by atoms with Gasteiger partial charge in [-0.2, -0.15) is 5.10 Å². The number of methoxy groups -OCH3 is 2. The Labute approximate surface area is 166 Å². The van der Waals surface area contributed by atoms with E-state index in [1.165, 1.54) is 0 Å². The van der Waals surface area contributed by atoms with Gasteiger partial charge in [-0.3, -0.25) is 0 Å². The first kappa shape index (κ1) is 17.2. The van der Waals surface area contributed by atoms with E-state index in [0.717, 1.165) is 27.8 Å². The molecule has 0 saturated heterocycles. The quantitative estimate of drug-likeness (QED) is 0.471. The second-order valence-electron chi connectivity index (χ2n) is 6.68. The number of hydrogen-bond donors (Lipinski definition) is 0. The van der Waals surface area contributed by atoms with Gasteiger partial charge >= 0.3 is 0 Å². The number of hydrogen-bond acceptors (Lipinski definition) is 6. The molecule has 0 fully saturated rings. The predicted molar refractivity (Wildman–Crippen MR) is 109 cm³/mol. The lowest BCUT2D eigenvalue weighted by Crippen LogP contribution is -1.99. The van der Waals surface area contributed by atoms with Crippen molar-refractivity contribution in [1.29, 1.82) is 0 Å². The molecule has 8 nitrogen and oxygen atoms in total. The lowest BCUT2D eigenvalue weighted by molar-refractivity contribution is 0.394. The van der Waals surface area contributed by atoms with Gasteiger partial charge in [0.05, 0.1) is 31.5 Å². The van der Waals surface area contributed by atoms with Crippen LogP contribution >= 0.6 is 0 Å². The van der Waals surface area contributed by atoms with Crippen LogP contribution in [0.1, 0.15) is 5.56 Å². The summed E-state index contributed by atoms with van der Waals surface area (Å²) < 4.78 is 14.2. The maximum Gasteiger partial charge on any atom is 0.182 e. The predicted octanol–water partition coefficient (Wildman–Crippen LogP) is 3.46. The largest absolute Gasteiger partial charge is 0.497 e. The van der Waals surface area contributed by atoms with E-state index in [4.69, 9.17) is 14.5 Å². The molecule has 3 heterocycles. The van der Waals surface area contributed by atoms with Gasteiger partial charge in [-0.1, -0.05) is 12.1 Å². The third kappa shape index (κ3) is 2.85. The van der Waals surface area contributed by atoms with Crippen LogP contribution in [-0.4, -0.2) is 43.6 Å². The molecular formula is C21H18N6O2.